The van der Waals surface area contributed by atoms with Crippen molar-refractivity contribution < 1.29 is 14.7 Å². The van der Waals surface area contributed by atoms with E-state index in [2.05, 4.69) is 4.98 Å². The van der Waals surface area contributed by atoms with Crippen LogP contribution in [0, 0.1) is 13.8 Å². The molecule has 1 aliphatic heterocycles. The van der Waals surface area contributed by atoms with Crippen molar-refractivity contribution in [2.45, 2.75) is 19.9 Å². The molecule has 6 nitrogen and oxygen atoms in total. The number of halogens is 1. The number of carbonyl (C=O) groups is 2. The smallest absolute Gasteiger partial charge is 0.301 e. The molecule has 1 fully saturated rings. The van der Waals surface area contributed by atoms with E-state index in [4.69, 9.17) is 11.6 Å². The summed E-state index contributed by atoms with van der Waals surface area (Å²) in [4.78, 5) is 34.9. The van der Waals surface area contributed by atoms with Gasteiger partial charge in [0.2, 0.25) is 0 Å². The zero-order chi connectivity index (χ0) is 25.7. The van der Waals surface area contributed by atoms with Gasteiger partial charge in [0.1, 0.15) is 5.76 Å². The van der Waals surface area contributed by atoms with E-state index < -0.39 is 17.7 Å². The van der Waals surface area contributed by atoms with Gasteiger partial charge in [0.25, 0.3) is 5.78 Å². The summed E-state index contributed by atoms with van der Waals surface area (Å²) in [7, 11) is 3.88. The van der Waals surface area contributed by atoms with E-state index in [1.54, 1.807) is 18.2 Å². The third-order valence-electron chi connectivity index (χ3n) is 6.36. The minimum atomic E-state index is -0.836. The summed E-state index contributed by atoms with van der Waals surface area (Å²) in [6, 6.07) is 17.7. The van der Waals surface area contributed by atoms with Crippen LogP contribution in [0.1, 0.15) is 28.3 Å². The van der Waals surface area contributed by atoms with Crippen molar-refractivity contribution in [3.8, 4) is 0 Å². The number of aryl methyl sites for hydroxylation is 2. The first-order valence-corrected chi connectivity index (χ1v) is 12.6. The minimum Gasteiger partial charge on any atom is -0.507 e. The van der Waals surface area contributed by atoms with Crippen LogP contribution in [-0.2, 0) is 9.59 Å². The highest BCUT2D eigenvalue weighted by Crippen LogP contribution is 2.45. The number of amides is 1. The standard InChI is InChI=1S/C28H24ClN3O3S/c1-15-5-6-16(2)20(13-15)25(33)23-24(17-7-10-19(11-8-17)31(3)4)32(27(35)26(23)34)28-30-21-12-9-18(29)14-22(21)36-28/h5-14,24,33H,1-4H3. The highest BCUT2D eigenvalue weighted by molar-refractivity contribution is 7.22. The van der Waals surface area contributed by atoms with Crippen molar-refractivity contribution in [3.05, 3.63) is 93.5 Å². The normalized spacial score (nSPS) is 17.2. The van der Waals surface area contributed by atoms with Gasteiger partial charge in [-0.25, -0.2) is 4.98 Å². The third kappa shape index (κ3) is 4.04. The Kier molecular flexibility index (Phi) is 6.06. The molecule has 4 aromatic rings. The second kappa shape index (κ2) is 9.08. The van der Waals surface area contributed by atoms with Gasteiger partial charge in [0.15, 0.2) is 5.13 Å². The number of fused-ring (bicyclic) bond motifs is 1. The number of aromatic nitrogens is 1. The average Bonchev–Trinajstić information content (AvgIpc) is 3.38. The maximum Gasteiger partial charge on any atom is 0.301 e. The Bertz CT molecular complexity index is 1560. The fourth-order valence-electron chi connectivity index (χ4n) is 4.43. The van der Waals surface area contributed by atoms with Crippen molar-refractivity contribution in [2.24, 2.45) is 0 Å². The summed E-state index contributed by atoms with van der Waals surface area (Å²) in [5, 5.41) is 12.4. The number of carbonyl (C=O) groups excluding carboxylic acids is 2. The summed E-state index contributed by atoms with van der Waals surface area (Å²) in [5.41, 5.74) is 4.66. The van der Waals surface area contributed by atoms with Gasteiger partial charge >= 0.3 is 5.91 Å². The van der Waals surface area contributed by atoms with Crippen molar-refractivity contribution in [1.82, 2.24) is 4.98 Å². The fourth-order valence-corrected chi connectivity index (χ4v) is 5.69. The molecule has 182 valence electrons. The molecule has 0 aliphatic carbocycles. The molecule has 0 saturated carbocycles. The molecule has 1 aromatic heterocycles. The number of benzene rings is 3. The summed E-state index contributed by atoms with van der Waals surface area (Å²) in [6.07, 6.45) is 0. The maximum absolute atomic E-state index is 13.5. The lowest BCUT2D eigenvalue weighted by atomic mass is 9.93. The van der Waals surface area contributed by atoms with E-state index in [0.29, 0.717) is 26.8 Å². The van der Waals surface area contributed by atoms with E-state index in [1.807, 2.05) is 75.3 Å². The van der Waals surface area contributed by atoms with Gasteiger partial charge in [-0.1, -0.05) is 52.8 Å². The van der Waals surface area contributed by atoms with Gasteiger partial charge in [0.05, 0.1) is 21.8 Å². The Hall–Kier alpha value is -3.68. The van der Waals surface area contributed by atoms with Crippen LogP contribution in [0.5, 0.6) is 0 Å². The van der Waals surface area contributed by atoms with Crippen molar-refractivity contribution in [3.63, 3.8) is 0 Å². The lowest BCUT2D eigenvalue weighted by Crippen LogP contribution is -2.29. The first-order chi connectivity index (χ1) is 17.2. The Morgan fingerprint density at radius 1 is 1.03 bits per heavy atom. The van der Waals surface area contributed by atoms with Gasteiger partial charge in [-0.3, -0.25) is 14.5 Å². The van der Waals surface area contributed by atoms with Gasteiger partial charge in [0, 0.05) is 30.4 Å². The van der Waals surface area contributed by atoms with Crippen LogP contribution in [-0.4, -0.2) is 35.9 Å². The molecule has 0 radical (unpaired) electrons. The fraction of sp³-hybridized carbons (Fsp3) is 0.179. The molecule has 1 N–H and O–H groups in total. The van der Waals surface area contributed by atoms with E-state index in [9.17, 15) is 14.7 Å². The first-order valence-electron chi connectivity index (χ1n) is 11.4. The largest absolute Gasteiger partial charge is 0.507 e. The first kappa shape index (κ1) is 24.0. The Morgan fingerprint density at radius 2 is 1.75 bits per heavy atom. The van der Waals surface area contributed by atoms with Crippen LogP contribution in [0.25, 0.3) is 16.0 Å². The van der Waals surface area contributed by atoms with Gasteiger partial charge < -0.3 is 10.0 Å². The van der Waals surface area contributed by atoms with Gasteiger partial charge in [-0.2, -0.15) is 0 Å². The number of aliphatic hydroxyl groups excluding tert-OH is 1. The molecule has 0 spiro atoms. The molecule has 36 heavy (non-hydrogen) atoms. The molecule has 2 heterocycles. The maximum atomic E-state index is 13.5. The molecular weight excluding hydrogens is 494 g/mol. The number of anilines is 2. The Balaban J connectivity index is 1.74. The van der Waals surface area contributed by atoms with Crippen molar-refractivity contribution >= 4 is 61.4 Å². The molecule has 1 amide bonds. The Morgan fingerprint density at radius 3 is 2.44 bits per heavy atom. The van der Waals surface area contributed by atoms with Crippen LogP contribution in [0.3, 0.4) is 0 Å². The molecule has 8 heteroatoms. The highest BCUT2D eigenvalue weighted by Gasteiger charge is 2.48. The van der Waals surface area contributed by atoms with Crippen LogP contribution in [0.4, 0.5) is 10.8 Å². The number of hydrogen-bond acceptors (Lipinski definition) is 6. The number of ketones is 1. The summed E-state index contributed by atoms with van der Waals surface area (Å²) in [6.45, 7) is 3.78. The summed E-state index contributed by atoms with van der Waals surface area (Å²) >= 11 is 7.45. The topological polar surface area (TPSA) is 73.7 Å². The molecule has 1 aliphatic rings. The van der Waals surface area contributed by atoms with Crippen LogP contribution >= 0.6 is 22.9 Å². The SMILES string of the molecule is Cc1ccc(C)c(C(O)=C2C(=O)C(=O)N(c3nc4ccc(Cl)cc4s3)C2c2ccc(N(C)C)cc2)c1. The lowest BCUT2D eigenvalue weighted by Gasteiger charge is -2.24. The van der Waals surface area contributed by atoms with Gasteiger partial charge in [-0.05, 0) is 61.4 Å². The number of hydrogen-bond donors (Lipinski definition) is 1. The van der Waals surface area contributed by atoms with E-state index in [0.717, 1.165) is 21.5 Å². The van der Waals surface area contributed by atoms with Crippen molar-refractivity contribution in [2.75, 3.05) is 23.9 Å². The molecule has 0 bridgehead atoms. The van der Waals surface area contributed by atoms with Crippen LogP contribution in [0.15, 0.2) is 66.2 Å². The third-order valence-corrected chi connectivity index (χ3v) is 7.62. The molecular formula is C28H24ClN3O3S. The average molecular weight is 518 g/mol. The number of aliphatic hydroxyl groups is 1. The van der Waals surface area contributed by atoms with Gasteiger partial charge in [-0.15, -0.1) is 0 Å². The molecule has 1 atom stereocenters. The van der Waals surface area contributed by atoms with Crippen molar-refractivity contribution in [1.29, 1.82) is 0 Å². The predicted molar refractivity (Wildman–Crippen MR) is 146 cm³/mol. The number of nitrogens with zero attached hydrogens (tertiary/aromatic N) is 3. The van der Waals surface area contributed by atoms with E-state index in [-0.39, 0.29) is 11.3 Å². The summed E-state index contributed by atoms with van der Waals surface area (Å²) < 4.78 is 0.802. The minimum absolute atomic E-state index is 0.0450. The zero-order valence-corrected chi connectivity index (χ0v) is 21.8. The predicted octanol–water partition coefficient (Wildman–Crippen LogP) is 6.26. The van der Waals surface area contributed by atoms with Crippen LogP contribution < -0.4 is 9.80 Å². The molecule has 3 aromatic carbocycles. The number of Topliss-reactive ketones (excluding diaryl/α,β-unsaturated/α-hetero) is 1. The quantitative estimate of drug-likeness (QED) is 0.196. The molecule has 1 saturated heterocycles. The van der Waals surface area contributed by atoms with E-state index >= 15 is 0 Å². The van der Waals surface area contributed by atoms with Crippen LogP contribution in [0.2, 0.25) is 5.02 Å². The highest BCUT2D eigenvalue weighted by atomic mass is 35.5. The molecule has 5 rings (SSSR count). The zero-order valence-electron chi connectivity index (χ0n) is 20.2. The number of thiazole rings is 1. The number of rotatable bonds is 4. The Labute approximate surface area is 218 Å². The monoisotopic (exact) mass is 517 g/mol. The summed E-state index contributed by atoms with van der Waals surface area (Å²) in [5.74, 6) is -1.66. The van der Waals surface area contributed by atoms with E-state index in [1.165, 1.54) is 16.2 Å². The molecule has 1 unspecified atom stereocenters. The second-order valence-corrected chi connectivity index (χ2v) is 10.5. The second-order valence-electron chi connectivity index (χ2n) is 9.08. The lowest BCUT2D eigenvalue weighted by molar-refractivity contribution is -0.132.